The molecule has 3 N–H and O–H groups in total. The second-order valence-electron chi connectivity index (χ2n) is 6.76. The van der Waals surface area contributed by atoms with Crippen molar-refractivity contribution in [3.05, 3.63) is 23.5 Å². The minimum atomic E-state index is -1.32. The Bertz CT molecular complexity index is 521. The van der Waals surface area contributed by atoms with Crippen LogP contribution < -0.4 is 0 Å². The van der Waals surface area contributed by atoms with E-state index >= 15 is 0 Å². The molecule has 2 aliphatic heterocycles. The SMILES string of the molecule is CC[C@](C)(O)C[C@@H](C)/C=C\[C@@H]1OC2=C(C(=O)O[C@H]2C)[C@H](O)[C@H]1O. The minimum Gasteiger partial charge on any atom is -0.483 e. The number of aliphatic hydroxyl groups is 3. The molecule has 130 valence electrons. The lowest BCUT2D eigenvalue weighted by atomic mass is 9.89. The predicted octanol–water partition coefficient (Wildman–Crippen LogP) is 1.05. The van der Waals surface area contributed by atoms with E-state index in [1.54, 1.807) is 19.9 Å². The van der Waals surface area contributed by atoms with Gasteiger partial charge in [-0.2, -0.15) is 0 Å². The Kier molecular flexibility index (Phi) is 5.18. The van der Waals surface area contributed by atoms with Crippen molar-refractivity contribution >= 4 is 5.97 Å². The number of aliphatic hydroxyl groups excluding tert-OH is 2. The molecule has 0 aliphatic carbocycles. The Morgan fingerprint density at radius 2 is 2.00 bits per heavy atom. The molecule has 6 atom stereocenters. The van der Waals surface area contributed by atoms with Crippen LogP contribution in [0.4, 0.5) is 0 Å². The van der Waals surface area contributed by atoms with Gasteiger partial charge in [-0.1, -0.05) is 19.9 Å². The van der Waals surface area contributed by atoms with Gasteiger partial charge in [0.05, 0.1) is 5.60 Å². The van der Waals surface area contributed by atoms with Crippen LogP contribution in [0, 0.1) is 5.92 Å². The summed E-state index contributed by atoms with van der Waals surface area (Å²) in [5, 5.41) is 30.4. The standard InChI is InChI=1S/C17H26O6/c1-5-17(4,21)8-9(2)6-7-11-13(18)14(19)12-15(23-11)10(3)22-16(12)20/h6-7,9-11,13-14,18-19,21H,5,8H2,1-4H3/b7-6-/t9-,10-,11-,13-,14-,17-/m0/s1. The second kappa shape index (κ2) is 6.63. The fourth-order valence-electron chi connectivity index (χ4n) is 2.95. The molecule has 6 heteroatoms. The molecule has 0 saturated carbocycles. The zero-order valence-electron chi connectivity index (χ0n) is 14.0. The molecule has 0 amide bonds. The first kappa shape index (κ1) is 18.0. The van der Waals surface area contributed by atoms with E-state index < -0.39 is 36.0 Å². The van der Waals surface area contributed by atoms with Crippen molar-refractivity contribution in [2.75, 3.05) is 0 Å². The van der Waals surface area contributed by atoms with Gasteiger partial charge in [0.25, 0.3) is 0 Å². The molecule has 2 heterocycles. The normalized spacial score (nSPS) is 34.8. The van der Waals surface area contributed by atoms with Crippen LogP contribution in [-0.4, -0.2) is 51.3 Å². The van der Waals surface area contributed by atoms with Gasteiger partial charge in [0.1, 0.15) is 23.9 Å². The third-order valence-corrected chi connectivity index (χ3v) is 4.51. The summed E-state index contributed by atoms with van der Waals surface area (Å²) < 4.78 is 10.7. The van der Waals surface area contributed by atoms with Gasteiger partial charge in [0.15, 0.2) is 11.9 Å². The highest BCUT2D eigenvalue weighted by atomic mass is 16.6. The highest BCUT2D eigenvalue weighted by molar-refractivity contribution is 5.93. The minimum absolute atomic E-state index is 0.0108. The van der Waals surface area contributed by atoms with E-state index in [-0.39, 0.29) is 17.3 Å². The van der Waals surface area contributed by atoms with Crippen molar-refractivity contribution in [2.24, 2.45) is 5.92 Å². The van der Waals surface area contributed by atoms with Crippen LogP contribution in [0.3, 0.4) is 0 Å². The second-order valence-corrected chi connectivity index (χ2v) is 6.76. The summed E-state index contributed by atoms with van der Waals surface area (Å²) in [6.07, 6.45) is 0.879. The van der Waals surface area contributed by atoms with Crippen molar-refractivity contribution in [1.29, 1.82) is 0 Å². The van der Waals surface area contributed by atoms with Gasteiger partial charge in [-0.3, -0.25) is 0 Å². The van der Waals surface area contributed by atoms with Gasteiger partial charge >= 0.3 is 5.97 Å². The molecule has 0 bridgehead atoms. The Balaban J connectivity index is 2.08. The molecule has 6 nitrogen and oxygen atoms in total. The zero-order valence-corrected chi connectivity index (χ0v) is 14.0. The van der Waals surface area contributed by atoms with Crippen molar-refractivity contribution < 1.29 is 29.6 Å². The van der Waals surface area contributed by atoms with Gasteiger partial charge in [-0.15, -0.1) is 0 Å². The van der Waals surface area contributed by atoms with E-state index in [1.807, 2.05) is 19.9 Å². The van der Waals surface area contributed by atoms with E-state index in [1.165, 1.54) is 0 Å². The van der Waals surface area contributed by atoms with E-state index in [4.69, 9.17) is 9.47 Å². The third kappa shape index (κ3) is 3.76. The van der Waals surface area contributed by atoms with Crippen molar-refractivity contribution in [3.8, 4) is 0 Å². The van der Waals surface area contributed by atoms with Crippen LogP contribution in [0.5, 0.6) is 0 Å². The monoisotopic (exact) mass is 326 g/mol. The number of hydrogen-bond donors (Lipinski definition) is 3. The molecule has 2 aliphatic rings. The number of ether oxygens (including phenoxy) is 2. The summed E-state index contributed by atoms with van der Waals surface area (Å²) in [5.74, 6) is -0.281. The van der Waals surface area contributed by atoms with E-state index in [2.05, 4.69) is 0 Å². The van der Waals surface area contributed by atoms with Gasteiger partial charge in [0.2, 0.25) is 0 Å². The molecule has 23 heavy (non-hydrogen) atoms. The summed E-state index contributed by atoms with van der Waals surface area (Å²) in [6.45, 7) is 7.33. The first-order valence-electron chi connectivity index (χ1n) is 8.04. The van der Waals surface area contributed by atoms with Crippen LogP contribution in [0.2, 0.25) is 0 Å². The number of cyclic esters (lactones) is 1. The first-order valence-corrected chi connectivity index (χ1v) is 8.04. The number of esters is 1. The number of allylic oxidation sites excluding steroid dienone is 1. The summed E-state index contributed by atoms with van der Waals surface area (Å²) in [7, 11) is 0. The molecular formula is C17H26O6. The summed E-state index contributed by atoms with van der Waals surface area (Å²) in [5.41, 5.74) is -0.734. The largest absolute Gasteiger partial charge is 0.483 e. The summed E-state index contributed by atoms with van der Waals surface area (Å²) in [6, 6.07) is 0. The predicted molar refractivity (Wildman–Crippen MR) is 83.3 cm³/mol. The highest BCUT2D eigenvalue weighted by Gasteiger charge is 2.46. The molecule has 0 fully saturated rings. The third-order valence-electron chi connectivity index (χ3n) is 4.51. The van der Waals surface area contributed by atoms with Crippen LogP contribution in [0.15, 0.2) is 23.5 Å². The van der Waals surface area contributed by atoms with E-state index in [0.717, 1.165) is 0 Å². The van der Waals surface area contributed by atoms with Crippen molar-refractivity contribution in [3.63, 3.8) is 0 Å². The van der Waals surface area contributed by atoms with Crippen LogP contribution in [0.1, 0.15) is 40.5 Å². The lowest BCUT2D eigenvalue weighted by molar-refractivity contribution is -0.140. The smallest absolute Gasteiger partial charge is 0.341 e. The topological polar surface area (TPSA) is 96.2 Å². The maximum atomic E-state index is 11.7. The Labute approximate surface area is 136 Å². The fourth-order valence-corrected chi connectivity index (χ4v) is 2.95. The Hall–Kier alpha value is -1.37. The molecular weight excluding hydrogens is 300 g/mol. The Morgan fingerprint density at radius 1 is 1.35 bits per heavy atom. The molecule has 0 saturated heterocycles. The van der Waals surface area contributed by atoms with E-state index in [0.29, 0.717) is 12.8 Å². The maximum absolute atomic E-state index is 11.7. The number of carbonyl (C=O) groups excluding carboxylic acids is 1. The zero-order chi connectivity index (χ0) is 17.4. The van der Waals surface area contributed by atoms with Crippen LogP contribution in [0.25, 0.3) is 0 Å². The average Bonchev–Trinajstić information content (AvgIpc) is 2.75. The molecule has 0 spiro atoms. The van der Waals surface area contributed by atoms with Gasteiger partial charge in [-0.25, -0.2) is 4.79 Å². The quantitative estimate of drug-likeness (QED) is 0.516. The number of carbonyl (C=O) groups is 1. The molecule has 0 aromatic rings. The van der Waals surface area contributed by atoms with Crippen LogP contribution >= 0.6 is 0 Å². The van der Waals surface area contributed by atoms with Gasteiger partial charge in [-0.05, 0) is 38.7 Å². The molecule has 0 aromatic heterocycles. The van der Waals surface area contributed by atoms with Gasteiger partial charge < -0.3 is 24.8 Å². The van der Waals surface area contributed by atoms with Crippen molar-refractivity contribution in [2.45, 2.75) is 70.6 Å². The van der Waals surface area contributed by atoms with E-state index in [9.17, 15) is 20.1 Å². The maximum Gasteiger partial charge on any atom is 0.341 e. The average molecular weight is 326 g/mol. The van der Waals surface area contributed by atoms with Crippen LogP contribution in [-0.2, 0) is 14.3 Å². The fraction of sp³-hybridized carbons (Fsp3) is 0.706. The van der Waals surface area contributed by atoms with Crippen molar-refractivity contribution in [1.82, 2.24) is 0 Å². The first-order chi connectivity index (χ1) is 10.7. The highest BCUT2D eigenvalue weighted by Crippen LogP contribution is 2.34. The summed E-state index contributed by atoms with van der Waals surface area (Å²) >= 11 is 0. The molecule has 0 radical (unpaired) electrons. The lowest BCUT2D eigenvalue weighted by Crippen LogP contribution is -2.44. The summed E-state index contributed by atoms with van der Waals surface area (Å²) in [4.78, 5) is 11.7. The number of hydrogen-bond acceptors (Lipinski definition) is 6. The molecule has 0 aromatic carbocycles. The lowest BCUT2D eigenvalue weighted by Gasteiger charge is -2.31. The van der Waals surface area contributed by atoms with Gasteiger partial charge in [0, 0.05) is 0 Å². The Morgan fingerprint density at radius 3 is 2.61 bits per heavy atom. The molecule has 0 unspecified atom stereocenters. The molecule has 2 rings (SSSR count). The number of rotatable bonds is 5.